The van der Waals surface area contributed by atoms with Gasteiger partial charge in [-0.2, -0.15) is 0 Å². The smallest absolute Gasteiger partial charge is 0.266 e. The van der Waals surface area contributed by atoms with E-state index in [1.807, 2.05) is 23.1 Å². The molecule has 0 aliphatic carbocycles. The van der Waals surface area contributed by atoms with Crippen LogP contribution in [0.5, 0.6) is 5.75 Å². The van der Waals surface area contributed by atoms with E-state index in [4.69, 9.17) is 9.57 Å². The zero-order valence-corrected chi connectivity index (χ0v) is 15.5. The fourth-order valence-corrected chi connectivity index (χ4v) is 3.55. The second-order valence-electron chi connectivity index (χ2n) is 7.09. The van der Waals surface area contributed by atoms with Gasteiger partial charge < -0.3 is 14.5 Å². The Morgan fingerprint density at radius 3 is 2.86 bits per heavy atom. The molecule has 7 heteroatoms. The largest absolute Gasteiger partial charge is 0.489 e. The Balaban J connectivity index is 1.25. The number of halogens is 1. The van der Waals surface area contributed by atoms with Gasteiger partial charge in [-0.05, 0) is 29.8 Å². The van der Waals surface area contributed by atoms with Gasteiger partial charge in [0.25, 0.3) is 5.91 Å². The zero-order chi connectivity index (χ0) is 19.3. The van der Waals surface area contributed by atoms with Gasteiger partial charge in [0.1, 0.15) is 17.7 Å². The lowest BCUT2D eigenvalue weighted by Gasteiger charge is -2.33. The van der Waals surface area contributed by atoms with Crippen LogP contribution in [-0.2, 0) is 16.1 Å². The molecule has 0 radical (unpaired) electrons. The lowest BCUT2D eigenvalue weighted by atomic mass is 10.0. The van der Waals surface area contributed by atoms with Gasteiger partial charge in [0, 0.05) is 45.0 Å². The first-order valence-corrected chi connectivity index (χ1v) is 9.49. The normalized spacial score (nSPS) is 19.8. The molecule has 1 unspecified atom stereocenters. The molecule has 28 heavy (non-hydrogen) atoms. The molecule has 1 aromatic carbocycles. The number of carbonyl (C=O) groups excluding carboxylic acids is 1. The summed E-state index contributed by atoms with van der Waals surface area (Å²) in [5.74, 6) is 0.431. The molecule has 0 bridgehead atoms. The van der Waals surface area contributed by atoms with Crippen molar-refractivity contribution < 1.29 is 18.8 Å². The number of pyridine rings is 1. The number of aromatic nitrogens is 1. The summed E-state index contributed by atoms with van der Waals surface area (Å²) in [6, 6.07) is 10.1. The van der Waals surface area contributed by atoms with E-state index in [1.54, 1.807) is 18.5 Å². The number of piperidine rings is 1. The molecule has 0 spiro atoms. The fraction of sp³-hybridized carbons (Fsp3) is 0.381. The molecular weight excluding hydrogens is 361 g/mol. The second-order valence-corrected chi connectivity index (χ2v) is 7.09. The van der Waals surface area contributed by atoms with Crippen LogP contribution in [0, 0.1) is 5.82 Å². The number of benzene rings is 1. The van der Waals surface area contributed by atoms with Gasteiger partial charge in [-0.15, -0.1) is 0 Å². The van der Waals surface area contributed by atoms with Crippen molar-refractivity contribution in [1.29, 1.82) is 0 Å². The number of oxime groups is 1. The highest BCUT2D eigenvalue weighted by atomic mass is 19.1. The number of carbonyl (C=O) groups is 1. The first kappa shape index (κ1) is 18.4. The Bertz CT molecular complexity index is 851. The molecule has 1 saturated heterocycles. The highest BCUT2D eigenvalue weighted by Crippen LogP contribution is 2.22. The lowest BCUT2D eigenvalue weighted by Crippen LogP contribution is -2.46. The molecular formula is C21H22FN3O3. The van der Waals surface area contributed by atoms with Crippen LogP contribution < -0.4 is 4.74 Å². The third-order valence-electron chi connectivity index (χ3n) is 4.99. The minimum Gasteiger partial charge on any atom is -0.489 e. The summed E-state index contributed by atoms with van der Waals surface area (Å²) in [7, 11) is 0. The van der Waals surface area contributed by atoms with Crippen LogP contribution in [0.4, 0.5) is 4.39 Å². The van der Waals surface area contributed by atoms with Gasteiger partial charge in [0.05, 0.1) is 11.9 Å². The van der Waals surface area contributed by atoms with E-state index in [0.717, 1.165) is 29.9 Å². The van der Waals surface area contributed by atoms with E-state index in [0.29, 0.717) is 25.9 Å². The molecule has 2 aliphatic rings. The zero-order valence-electron chi connectivity index (χ0n) is 15.5. The van der Waals surface area contributed by atoms with E-state index in [9.17, 15) is 9.18 Å². The summed E-state index contributed by atoms with van der Waals surface area (Å²) < 4.78 is 19.2. The van der Waals surface area contributed by atoms with Crippen LogP contribution in [0.3, 0.4) is 0 Å². The quantitative estimate of drug-likeness (QED) is 0.796. The van der Waals surface area contributed by atoms with E-state index < -0.39 is 6.10 Å². The van der Waals surface area contributed by atoms with E-state index in [2.05, 4.69) is 10.1 Å². The summed E-state index contributed by atoms with van der Waals surface area (Å²) in [5, 5.41) is 4.04. The van der Waals surface area contributed by atoms with Crippen LogP contribution in [0.25, 0.3) is 0 Å². The van der Waals surface area contributed by atoms with Gasteiger partial charge in [-0.3, -0.25) is 9.78 Å². The standard InChI is InChI=1S/C21H22FN3O3/c22-16-4-1-3-15(11-16)12-17-13-20(28-24-17)21(26)25-9-6-18(7-10-25)27-19-5-2-8-23-14-19/h1-5,8,11,14,18,20H,6-7,9-10,12-13H2. The van der Waals surface area contributed by atoms with Crippen molar-refractivity contribution in [3.8, 4) is 5.75 Å². The van der Waals surface area contributed by atoms with Crippen LogP contribution in [0.1, 0.15) is 24.8 Å². The number of rotatable bonds is 5. The van der Waals surface area contributed by atoms with Crippen molar-refractivity contribution in [3.05, 3.63) is 60.2 Å². The van der Waals surface area contributed by atoms with Crippen molar-refractivity contribution in [3.63, 3.8) is 0 Å². The van der Waals surface area contributed by atoms with Crippen LogP contribution in [0.15, 0.2) is 53.9 Å². The van der Waals surface area contributed by atoms with E-state index in [-0.39, 0.29) is 17.8 Å². The number of amides is 1. The third-order valence-corrected chi connectivity index (χ3v) is 4.99. The van der Waals surface area contributed by atoms with Gasteiger partial charge in [-0.1, -0.05) is 17.3 Å². The molecule has 2 aliphatic heterocycles. The number of ether oxygens (including phenoxy) is 1. The van der Waals surface area contributed by atoms with E-state index in [1.165, 1.54) is 12.1 Å². The molecule has 1 fully saturated rings. The van der Waals surface area contributed by atoms with Crippen LogP contribution >= 0.6 is 0 Å². The second kappa shape index (κ2) is 8.37. The van der Waals surface area contributed by atoms with Gasteiger partial charge in [0.2, 0.25) is 6.10 Å². The Kier molecular flexibility index (Phi) is 5.50. The molecule has 6 nitrogen and oxygen atoms in total. The number of nitrogens with zero attached hydrogens (tertiary/aromatic N) is 3. The van der Waals surface area contributed by atoms with Crippen LogP contribution in [-0.4, -0.2) is 46.8 Å². The predicted molar refractivity (Wildman–Crippen MR) is 101 cm³/mol. The van der Waals surface area contributed by atoms with Crippen molar-refractivity contribution >= 4 is 11.6 Å². The molecule has 0 saturated carbocycles. The minimum atomic E-state index is -0.584. The average Bonchev–Trinajstić information content (AvgIpc) is 3.17. The molecule has 3 heterocycles. The fourth-order valence-electron chi connectivity index (χ4n) is 3.55. The maximum atomic E-state index is 13.3. The lowest BCUT2D eigenvalue weighted by molar-refractivity contribution is -0.143. The summed E-state index contributed by atoms with van der Waals surface area (Å²) in [5.41, 5.74) is 1.59. The summed E-state index contributed by atoms with van der Waals surface area (Å²) in [4.78, 5) is 24.0. The van der Waals surface area contributed by atoms with Crippen molar-refractivity contribution in [1.82, 2.24) is 9.88 Å². The van der Waals surface area contributed by atoms with Crippen molar-refractivity contribution in [2.45, 2.75) is 37.9 Å². The average molecular weight is 383 g/mol. The van der Waals surface area contributed by atoms with Crippen molar-refractivity contribution in [2.24, 2.45) is 5.16 Å². The maximum absolute atomic E-state index is 13.3. The highest BCUT2D eigenvalue weighted by Gasteiger charge is 2.34. The molecule has 1 amide bonds. The molecule has 2 aromatic rings. The highest BCUT2D eigenvalue weighted by molar-refractivity contribution is 5.94. The van der Waals surface area contributed by atoms with Gasteiger partial charge in [0.15, 0.2) is 0 Å². The number of hydrogen-bond acceptors (Lipinski definition) is 5. The predicted octanol–water partition coefficient (Wildman–Crippen LogP) is 2.98. The van der Waals surface area contributed by atoms with Gasteiger partial charge >= 0.3 is 0 Å². The Labute approximate surface area is 163 Å². The Hall–Kier alpha value is -2.96. The summed E-state index contributed by atoms with van der Waals surface area (Å²) in [6.45, 7) is 1.26. The molecule has 1 atom stereocenters. The van der Waals surface area contributed by atoms with Crippen LogP contribution in [0.2, 0.25) is 0 Å². The first-order chi connectivity index (χ1) is 13.7. The van der Waals surface area contributed by atoms with E-state index >= 15 is 0 Å². The summed E-state index contributed by atoms with van der Waals surface area (Å²) in [6.07, 6.45) is 5.37. The van der Waals surface area contributed by atoms with Gasteiger partial charge in [-0.25, -0.2) is 4.39 Å². The number of hydrogen-bond donors (Lipinski definition) is 0. The molecule has 146 valence electrons. The topological polar surface area (TPSA) is 64.0 Å². The molecule has 0 N–H and O–H groups in total. The molecule has 4 rings (SSSR count). The third kappa shape index (κ3) is 4.47. The number of likely N-dealkylation sites (tertiary alicyclic amines) is 1. The first-order valence-electron chi connectivity index (χ1n) is 9.49. The molecule has 1 aromatic heterocycles. The monoisotopic (exact) mass is 383 g/mol. The van der Waals surface area contributed by atoms with Crippen molar-refractivity contribution in [2.75, 3.05) is 13.1 Å². The maximum Gasteiger partial charge on any atom is 0.266 e. The Morgan fingerprint density at radius 1 is 1.25 bits per heavy atom. The minimum absolute atomic E-state index is 0.0437. The summed E-state index contributed by atoms with van der Waals surface area (Å²) >= 11 is 0. The SMILES string of the molecule is O=C(C1CC(Cc2cccc(F)c2)=NO1)N1CCC(Oc2cccnc2)CC1. The Morgan fingerprint density at radius 2 is 2.11 bits per heavy atom.